The molecule has 7 heteroatoms. The van der Waals surface area contributed by atoms with Crippen molar-refractivity contribution in [3.8, 4) is 0 Å². The third kappa shape index (κ3) is 3.62. The quantitative estimate of drug-likeness (QED) is 0.498. The monoisotopic (exact) mass is 211 g/mol. The van der Waals surface area contributed by atoms with Crippen molar-refractivity contribution in [2.24, 2.45) is 12.8 Å². The van der Waals surface area contributed by atoms with Gasteiger partial charge in [0.2, 0.25) is 0 Å². The molecule has 0 fully saturated rings. The average Bonchev–Trinajstić information content (AvgIpc) is 2.50. The summed E-state index contributed by atoms with van der Waals surface area (Å²) in [6.45, 7) is 2.63. The van der Waals surface area contributed by atoms with Gasteiger partial charge in [0.05, 0.1) is 19.4 Å². The molecule has 0 spiro atoms. The van der Waals surface area contributed by atoms with E-state index in [-0.39, 0.29) is 11.9 Å². The summed E-state index contributed by atoms with van der Waals surface area (Å²) < 4.78 is 0. The predicted octanol–water partition coefficient (Wildman–Crippen LogP) is -0.644. The molecule has 0 radical (unpaired) electrons. The minimum absolute atomic E-state index is 0.196. The summed E-state index contributed by atoms with van der Waals surface area (Å²) in [6.07, 6.45) is 0.552. The molecule has 1 atom stereocenters. The number of nitrogens with zero attached hydrogens (tertiary/aromatic N) is 5. The van der Waals surface area contributed by atoms with Crippen LogP contribution in [-0.2, 0) is 13.6 Å². The van der Waals surface area contributed by atoms with Gasteiger partial charge in [-0.3, -0.25) is 10.3 Å². The van der Waals surface area contributed by atoms with Crippen molar-refractivity contribution in [3.63, 3.8) is 0 Å². The molecule has 84 valence electrons. The molecule has 1 heterocycles. The fourth-order valence-corrected chi connectivity index (χ4v) is 1.24. The number of aryl methyl sites for hydroxylation is 1. The van der Waals surface area contributed by atoms with Crippen LogP contribution in [0.4, 0.5) is 0 Å². The molecule has 0 saturated carbocycles. The Morgan fingerprint density at radius 3 is 2.80 bits per heavy atom. The molecule has 1 rings (SSSR count). The molecule has 1 aromatic heterocycles. The van der Waals surface area contributed by atoms with Gasteiger partial charge in [-0.05, 0) is 19.2 Å². The first kappa shape index (κ1) is 11.6. The van der Waals surface area contributed by atoms with Crippen LogP contribution >= 0.6 is 0 Å². The second-order valence-electron chi connectivity index (χ2n) is 3.69. The van der Waals surface area contributed by atoms with E-state index in [1.165, 1.54) is 4.80 Å². The largest absolute Gasteiger partial charge is 0.388 e. The van der Waals surface area contributed by atoms with Gasteiger partial charge in [-0.1, -0.05) is 0 Å². The molecule has 3 N–H and O–H groups in total. The van der Waals surface area contributed by atoms with E-state index in [1.807, 2.05) is 18.9 Å². The highest BCUT2D eigenvalue weighted by atomic mass is 15.6. The Kier molecular flexibility index (Phi) is 3.73. The SMILES string of the molecule is CC(CC(=N)N)N(C)Cc1nnn(C)n1. The smallest absolute Gasteiger partial charge is 0.188 e. The van der Waals surface area contributed by atoms with Crippen LogP contribution in [0.25, 0.3) is 0 Å². The Bertz CT molecular complexity index is 331. The van der Waals surface area contributed by atoms with Crippen LogP contribution in [0.15, 0.2) is 0 Å². The van der Waals surface area contributed by atoms with E-state index in [4.69, 9.17) is 11.1 Å². The third-order valence-electron chi connectivity index (χ3n) is 2.21. The minimum Gasteiger partial charge on any atom is -0.388 e. The summed E-state index contributed by atoms with van der Waals surface area (Å²) in [7, 11) is 3.68. The van der Waals surface area contributed by atoms with Crippen LogP contribution < -0.4 is 5.73 Å². The zero-order valence-corrected chi connectivity index (χ0v) is 9.30. The molecule has 0 aliphatic heterocycles. The van der Waals surface area contributed by atoms with E-state index < -0.39 is 0 Å². The van der Waals surface area contributed by atoms with Gasteiger partial charge < -0.3 is 5.73 Å². The first-order chi connectivity index (χ1) is 6.99. The molecular formula is C8H17N7. The van der Waals surface area contributed by atoms with Gasteiger partial charge in [0.1, 0.15) is 0 Å². The molecule has 0 amide bonds. The average molecular weight is 211 g/mol. The van der Waals surface area contributed by atoms with Crippen LogP contribution in [0.5, 0.6) is 0 Å². The molecule has 1 aromatic rings. The number of tetrazole rings is 1. The van der Waals surface area contributed by atoms with Crippen LogP contribution in [-0.4, -0.2) is 44.0 Å². The second-order valence-corrected chi connectivity index (χ2v) is 3.69. The molecule has 0 aliphatic rings. The predicted molar refractivity (Wildman–Crippen MR) is 56.3 cm³/mol. The molecule has 7 nitrogen and oxygen atoms in total. The van der Waals surface area contributed by atoms with Crippen molar-refractivity contribution >= 4 is 5.84 Å². The van der Waals surface area contributed by atoms with Gasteiger partial charge in [-0.15, -0.1) is 10.2 Å². The molecule has 0 aromatic carbocycles. The summed E-state index contributed by atoms with van der Waals surface area (Å²) in [4.78, 5) is 3.47. The zero-order valence-electron chi connectivity index (χ0n) is 9.30. The molecule has 1 unspecified atom stereocenters. The number of nitrogens with two attached hydrogens (primary N) is 1. The fourth-order valence-electron chi connectivity index (χ4n) is 1.24. The summed E-state index contributed by atoms with van der Waals surface area (Å²) in [5.41, 5.74) is 5.34. The summed E-state index contributed by atoms with van der Waals surface area (Å²) in [5.74, 6) is 0.872. The maximum atomic E-state index is 7.21. The van der Waals surface area contributed by atoms with Gasteiger partial charge in [0.25, 0.3) is 0 Å². The highest BCUT2D eigenvalue weighted by molar-refractivity contribution is 5.77. The number of rotatable bonds is 5. The summed E-state index contributed by atoms with van der Waals surface area (Å²) in [6, 6.07) is 0.200. The van der Waals surface area contributed by atoms with E-state index in [1.54, 1.807) is 7.05 Å². The van der Waals surface area contributed by atoms with Crippen LogP contribution in [0.3, 0.4) is 0 Å². The maximum absolute atomic E-state index is 7.21. The molecule has 0 bridgehead atoms. The van der Waals surface area contributed by atoms with Crippen LogP contribution in [0.1, 0.15) is 19.2 Å². The first-order valence-electron chi connectivity index (χ1n) is 4.75. The standard InChI is InChI=1S/C8H17N7/c1-6(4-7(9)10)14(2)5-8-11-13-15(3)12-8/h6H,4-5H2,1-3H3,(H3,9,10). The lowest BCUT2D eigenvalue weighted by Gasteiger charge is -2.22. The van der Waals surface area contributed by atoms with E-state index in [9.17, 15) is 0 Å². The first-order valence-corrected chi connectivity index (χ1v) is 4.75. The Morgan fingerprint density at radius 2 is 2.33 bits per heavy atom. The maximum Gasteiger partial charge on any atom is 0.188 e. The van der Waals surface area contributed by atoms with E-state index in [0.717, 1.165) is 0 Å². The van der Waals surface area contributed by atoms with Crippen molar-refractivity contribution in [2.45, 2.75) is 25.9 Å². The topological polar surface area (TPSA) is 96.7 Å². The lowest BCUT2D eigenvalue weighted by Crippen LogP contribution is -2.32. The zero-order chi connectivity index (χ0) is 11.4. The van der Waals surface area contributed by atoms with Crippen LogP contribution in [0, 0.1) is 5.41 Å². The third-order valence-corrected chi connectivity index (χ3v) is 2.21. The van der Waals surface area contributed by atoms with E-state index in [0.29, 0.717) is 18.8 Å². The Labute approximate surface area is 88.8 Å². The van der Waals surface area contributed by atoms with Crippen LogP contribution in [0.2, 0.25) is 0 Å². The second kappa shape index (κ2) is 4.83. The van der Waals surface area contributed by atoms with Gasteiger partial charge in [-0.2, -0.15) is 4.80 Å². The van der Waals surface area contributed by atoms with Crippen molar-refractivity contribution in [2.75, 3.05) is 7.05 Å². The van der Waals surface area contributed by atoms with Gasteiger partial charge in [-0.25, -0.2) is 0 Å². The van der Waals surface area contributed by atoms with Crippen molar-refractivity contribution in [1.82, 2.24) is 25.1 Å². The fraction of sp³-hybridized carbons (Fsp3) is 0.750. The van der Waals surface area contributed by atoms with E-state index in [2.05, 4.69) is 15.4 Å². The lowest BCUT2D eigenvalue weighted by atomic mass is 10.2. The molecule has 15 heavy (non-hydrogen) atoms. The summed E-state index contributed by atoms with van der Waals surface area (Å²) >= 11 is 0. The molecular weight excluding hydrogens is 194 g/mol. The number of nitrogens with one attached hydrogen (secondary N) is 1. The van der Waals surface area contributed by atoms with E-state index >= 15 is 0 Å². The lowest BCUT2D eigenvalue weighted by molar-refractivity contribution is 0.248. The van der Waals surface area contributed by atoms with Gasteiger partial charge in [0.15, 0.2) is 5.82 Å². The Morgan fingerprint density at radius 1 is 1.67 bits per heavy atom. The Hall–Kier alpha value is -1.50. The normalized spacial score (nSPS) is 13.1. The van der Waals surface area contributed by atoms with Crippen molar-refractivity contribution in [1.29, 1.82) is 5.41 Å². The minimum atomic E-state index is 0.196. The van der Waals surface area contributed by atoms with Crippen molar-refractivity contribution < 1.29 is 0 Å². The Balaban J connectivity index is 2.47. The number of hydrogen-bond donors (Lipinski definition) is 2. The van der Waals surface area contributed by atoms with Gasteiger partial charge in [0, 0.05) is 12.5 Å². The van der Waals surface area contributed by atoms with Gasteiger partial charge >= 0.3 is 0 Å². The highest BCUT2D eigenvalue weighted by Gasteiger charge is 2.12. The highest BCUT2D eigenvalue weighted by Crippen LogP contribution is 2.03. The molecule has 0 aliphatic carbocycles. The number of hydrogen-bond acceptors (Lipinski definition) is 5. The summed E-state index contributed by atoms with van der Waals surface area (Å²) in [5, 5.41) is 18.9. The number of aromatic nitrogens is 4. The van der Waals surface area contributed by atoms with Crippen molar-refractivity contribution in [3.05, 3.63) is 5.82 Å². The number of amidine groups is 1. The molecule has 0 saturated heterocycles.